The Hall–Kier alpha value is -1.74. The minimum absolute atomic E-state index is 0.144. The first-order valence-electron chi connectivity index (χ1n) is 6.49. The van der Waals surface area contributed by atoms with Crippen molar-refractivity contribution in [2.45, 2.75) is 38.4 Å². The predicted molar refractivity (Wildman–Crippen MR) is 74.0 cm³/mol. The van der Waals surface area contributed by atoms with Crippen molar-refractivity contribution in [3.8, 4) is 0 Å². The number of aliphatic hydroxyl groups is 3. The lowest BCUT2D eigenvalue weighted by Crippen LogP contribution is -2.55. The van der Waals surface area contributed by atoms with Crippen molar-refractivity contribution in [2.75, 3.05) is 11.9 Å². The molecule has 0 spiro atoms. The van der Waals surface area contributed by atoms with E-state index in [2.05, 4.69) is 5.32 Å². The van der Waals surface area contributed by atoms with Crippen molar-refractivity contribution in [3.63, 3.8) is 0 Å². The second kappa shape index (κ2) is 5.94. The van der Waals surface area contributed by atoms with Gasteiger partial charge in [0.25, 0.3) is 5.69 Å². The maximum absolute atomic E-state index is 11.1. The number of rotatable bonds is 3. The third-order valence-corrected chi connectivity index (χ3v) is 3.61. The van der Waals surface area contributed by atoms with Crippen molar-refractivity contribution in [1.29, 1.82) is 0 Å². The summed E-state index contributed by atoms with van der Waals surface area (Å²) in [5, 5.41) is 42.7. The van der Waals surface area contributed by atoms with Crippen LogP contribution in [0.1, 0.15) is 11.1 Å². The number of nitrogens with one attached hydrogen (secondary N) is 1. The molecular formula is C13H18N2O6. The first kappa shape index (κ1) is 15.6. The highest BCUT2D eigenvalue weighted by Crippen LogP contribution is 2.30. The fraction of sp³-hybridized carbons (Fsp3) is 0.538. The van der Waals surface area contributed by atoms with Gasteiger partial charge >= 0.3 is 0 Å². The van der Waals surface area contributed by atoms with Gasteiger partial charge < -0.3 is 25.4 Å². The molecule has 0 unspecified atom stereocenters. The lowest BCUT2D eigenvalue weighted by molar-refractivity contribution is -0.384. The van der Waals surface area contributed by atoms with Crippen LogP contribution in [0.2, 0.25) is 0 Å². The van der Waals surface area contributed by atoms with Crippen LogP contribution < -0.4 is 5.32 Å². The smallest absolute Gasteiger partial charge is 0.292 e. The number of ether oxygens (including phenoxy) is 1. The molecule has 1 aliphatic rings. The normalized spacial score (nSPS) is 29.2. The highest BCUT2D eigenvalue weighted by Gasteiger charge is 2.38. The topological polar surface area (TPSA) is 125 Å². The summed E-state index contributed by atoms with van der Waals surface area (Å²) in [6.45, 7) is 3.40. The molecule has 0 amide bonds. The number of anilines is 1. The molecule has 1 fully saturated rings. The van der Waals surface area contributed by atoms with Gasteiger partial charge in [-0.1, -0.05) is 0 Å². The van der Waals surface area contributed by atoms with Gasteiger partial charge in [0.15, 0.2) is 6.23 Å². The Kier molecular flexibility index (Phi) is 4.43. The molecule has 21 heavy (non-hydrogen) atoms. The highest BCUT2D eigenvalue weighted by atomic mass is 16.6. The Bertz CT molecular complexity index is 550. The van der Waals surface area contributed by atoms with Crippen LogP contribution in [0.5, 0.6) is 0 Å². The van der Waals surface area contributed by atoms with Crippen LogP contribution in [0.3, 0.4) is 0 Å². The Labute approximate surface area is 121 Å². The van der Waals surface area contributed by atoms with Crippen LogP contribution in [-0.4, -0.2) is 51.4 Å². The van der Waals surface area contributed by atoms with Gasteiger partial charge in [0, 0.05) is 6.07 Å². The quantitative estimate of drug-likeness (QED) is 0.459. The van der Waals surface area contributed by atoms with E-state index in [4.69, 9.17) is 4.74 Å². The molecule has 4 N–H and O–H groups in total. The molecule has 0 bridgehead atoms. The molecule has 4 atom stereocenters. The van der Waals surface area contributed by atoms with Crippen LogP contribution in [0.25, 0.3) is 0 Å². The predicted octanol–water partition coefficient (Wildman–Crippen LogP) is 0.0625. The Balaban J connectivity index is 2.27. The lowest BCUT2D eigenvalue weighted by Gasteiger charge is -2.35. The van der Waals surface area contributed by atoms with Crippen LogP contribution in [0, 0.1) is 24.0 Å². The number of aryl methyl sites for hydroxylation is 2. The Morgan fingerprint density at radius 1 is 1.24 bits per heavy atom. The Morgan fingerprint density at radius 2 is 1.86 bits per heavy atom. The average Bonchev–Trinajstić information content (AvgIpc) is 2.43. The fourth-order valence-corrected chi connectivity index (χ4v) is 2.15. The summed E-state index contributed by atoms with van der Waals surface area (Å²) < 4.78 is 5.19. The number of benzene rings is 1. The minimum atomic E-state index is -1.39. The first-order valence-corrected chi connectivity index (χ1v) is 6.49. The monoisotopic (exact) mass is 298 g/mol. The van der Waals surface area contributed by atoms with E-state index in [1.165, 1.54) is 6.07 Å². The summed E-state index contributed by atoms with van der Waals surface area (Å²) in [7, 11) is 0. The van der Waals surface area contributed by atoms with Gasteiger partial charge in [-0.3, -0.25) is 10.1 Å². The van der Waals surface area contributed by atoms with Gasteiger partial charge in [-0.2, -0.15) is 0 Å². The van der Waals surface area contributed by atoms with E-state index in [0.717, 1.165) is 11.1 Å². The fourth-order valence-electron chi connectivity index (χ4n) is 2.15. The van der Waals surface area contributed by atoms with Crippen LogP contribution >= 0.6 is 0 Å². The summed E-state index contributed by atoms with van der Waals surface area (Å²) in [5.74, 6) is 0. The summed E-state index contributed by atoms with van der Waals surface area (Å²) in [4.78, 5) is 10.6. The molecule has 0 radical (unpaired) electrons. The van der Waals surface area contributed by atoms with Gasteiger partial charge in [-0.25, -0.2) is 0 Å². The molecule has 116 valence electrons. The largest absolute Gasteiger partial charge is 0.388 e. The van der Waals surface area contributed by atoms with Gasteiger partial charge in [-0.15, -0.1) is 0 Å². The molecule has 0 aromatic heterocycles. The molecule has 2 rings (SSSR count). The lowest BCUT2D eigenvalue weighted by atomic mass is 10.0. The molecule has 8 heteroatoms. The maximum Gasteiger partial charge on any atom is 0.292 e. The van der Waals surface area contributed by atoms with E-state index in [0.29, 0.717) is 0 Å². The second-order valence-electron chi connectivity index (χ2n) is 5.16. The molecule has 0 saturated carbocycles. The van der Waals surface area contributed by atoms with E-state index in [1.54, 1.807) is 19.9 Å². The maximum atomic E-state index is 11.1. The molecule has 0 aliphatic carbocycles. The first-order chi connectivity index (χ1) is 9.81. The third kappa shape index (κ3) is 3.13. The molecule has 8 nitrogen and oxygen atoms in total. The SMILES string of the molecule is Cc1cc(N[C@H]2OC[C@@H](O)[C@@H](O)[C@@H]2O)c([N+](=O)[O-])cc1C. The number of nitro benzene ring substituents is 1. The highest BCUT2D eigenvalue weighted by molar-refractivity contribution is 5.64. The average molecular weight is 298 g/mol. The van der Waals surface area contributed by atoms with Crippen LogP contribution in [0.15, 0.2) is 12.1 Å². The van der Waals surface area contributed by atoms with Crippen molar-refractivity contribution in [2.24, 2.45) is 0 Å². The van der Waals surface area contributed by atoms with E-state index in [1.807, 2.05) is 0 Å². The van der Waals surface area contributed by atoms with E-state index in [9.17, 15) is 25.4 Å². The third-order valence-electron chi connectivity index (χ3n) is 3.61. The molecule has 1 aromatic carbocycles. The standard InChI is InChI=1S/C13H18N2O6/c1-6-3-8(9(15(19)20)4-7(6)2)14-13-12(18)11(17)10(16)5-21-13/h3-4,10-14,16-18H,5H2,1-2H3/t10-,11-,12+,13+/m1/s1. The summed E-state index contributed by atoms with van der Waals surface area (Å²) in [5.41, 5.74) is 1.66. The number of nitrogens with zero attached hydrogens (tertiary/aromatic N) is 1. The van der Waals surface area contributed by atoms with Crippen molar-refractivity contribution in [3.05, 3.63) is 33.4 Å². The van der Waals surface area contributed by atoms with Gasteiger partial charge in [0.2, 0.25) is 0 Å². The number of hydrogen-bond donors (Lipinski definition) is 4. The van der Waals surface area contributed by atoms with E-state index < -0.39 is 29.5 Å². The zero-order valence-corrected chi connectivity index (χ0v) is 11.7. The molecular weight excluding hydrogens is 280 g/mol. The number of nitro groups is 1. The minimum Gasteiger partial charge on any atom is -0.388 e. The zero-order chi connectivity index (χ0) is 15.7. The number of aliphatic hydroxyl groups excluding tert-OH is 3. The molecule has 1 saturated heterocycles. The zero-order valence-electron chi connectivity index (χ0n) is 11.7. The van der Waals surface area contributed by atoms with Crippen molar-refractivity contribution in [1.82, 2.24) is 0 Å². The van der Waals surface area contributed by atoms with Gasteiger partial charge in [0.1, 0.15) is 24.0 Å². The molecule has 1 aliphatic heterocycles. The van der Waals surface area contributed by atoms with Crippen LogP contribution in [-0.2, 0) is 4.74 Å². The second-order valence-corrected chi connectivity index (χ2v) is 5.16. The van der Waals surface area contributed by atoms with Gasteiger partial charge in [-0.05, 0) is 31.0 Å². The summed E-state index contributed by atoms with van der Waals surface area (Å²) in [6.07, 6.45) is -4.99. The van der Waals surface area contributed by atoms with E-state index in [-0.39, 0.29) is 18.0 Å². The molecule has 1 aromatic rings. The Morgan fingerprint density at radius 3 is 2.48 bits per heavy atom. The summed E-state index contributed by atoms with van der Waals surface area (Å²) in [6, 6.07) is 3.01. The van der Waals surface area contributed by atoms with Crippen molar-refractivity contribution >= 4 is 11.4 Å². The van der Waals surface area contributed by atoms with Gasteiger partial charge in [0.05, 0.1) is 11.5 Å². The van der Waals surface area contributed by atoms with Crippen molar-refractivity contribution < 1.29 is 25.0 Å². The molecule has 1 heterocycles. The van der Waals surface area contributed by atoms with E-state index >= 15 is 0 Å². The van der Waals surface area contributed by atoms with Crippen LogP contribution in [0.4, 0.5) is 11.4 Å². The number of hydrogen-bond acceptors (Lipinski definition) is 7. The summed E-state index contributed by atoms with van der Waals surface area (Å²) >= 11 is 0.